The molecule has 2 bridgehead atoms. The molecule has 3 unspecified atom stereocenters. The number of allylic oxidation sites excluding steroid dienone is 2. The number of nitrogens with zero attached hydrogens (tertiary/aromatic N) is 1. The minimum atomic E-state index is 0.747. The Bertz CT molecular complexity index is 261. The van der Waals surface area contributed by atoms with Crippen molar-refractivity contribution in [1.82, 2.24) is 0 Å². The fraction of sp³-hybridized carbons (Fsp3) is 0.786. The first-order chi connectivity index (χ1) is 7.40. The van der Waals surface area contributed by atoms with Gasteiger partial charge in [-0.05, 0) is 43.4 Å². The minimum Gasteiger partial charge on any atom is -0.198 e. The quantitative estimate of drug-likeness (QED) is 0.471. The first-order valence-electron chi connectivity index (χ1n) is 6.45. The highest BCUT2D eigenvalue weighted by Gasteiger charge is 2.34. The van der Waals surface area contributed by atoms with Gasteiger partial charge in [0.2, 0.25) is 0 Å². The third-order valence-corrected chi connectivity index (χ3v) is 4.03. The van der Waals surface area contributed by atoms with Crippen LogP contribution in [0.1, 0.15) is 51.4 Å². The molecule has 0 aromatic rings. The van der Waals surface area contributed by atoms with Gasteiger partial charge in [0.15, 0.2) is 0 Å². The Morgan fingerprint density at radius 1 is 1.07 bits per heavy atom. The van der Waals surface area contributed by atoms with Crippen molar-refractivity contribution >= 4 is 0 Å². The Labute approximate surface area is 93.2 Å². The molecule has 2 aliphatic rings. The van der Waals surface area contributed by atoms with Gasteiger partial charge in [-0.2, -0.15) is 5.26 Å². The topological polar surface area (TPSA) is 23.8 Å². The van der Waals surface area contributed by atoms with Crippen molar-refractivity contribution in [3.05, 3.63) is 12.2 Å². The smallest absolute Gasteiger partial charge is 0.0621 e. The van der Waals surface area contributed by atoms with Crippen LogP contribution in [0.25, 0.3) is 0 Å². The Morgan fingerprint density at radius 2 is 1.93 bits per heavy atom. The van der Waals surface area contributed by atoms with Crippen LogP contribution in [-0.4, -0.2) is 0 Å². The molecule has 0 amide bonds. The Kier molecular flexibility index (Phi) is 3.83. The molecule has 1 heteroatoms. The molecule has 1 nitrogen and oxygen atoms in total. The van der Waals surface area contributed by atoms with Gasteiger partial charge in [-0.25, -0.2) is 0 Å². The molecular weight excluding hydrogens is 182 g/mol. The van der Waals surface area contributed by atoms with E-state index >= 15 is 0 Å². The van der Waals surface area contributed by atoms with Gasteiger partial charge in [-0.3, -0.25) is 0 Å². The van der Waals surface area contributed by atoms with Gasteiger partial charge in [0.05, 0.1) is 6.07 Å². The van der Waals surface area contributed by atoms with Crippen LogP contribution < -0.4 is 0 Å². The summed E-state index contributed by atoms with van der Waals surface area (Å²) in [6.45, 7) is 0. The van der Waals surface area contributed by atoms with E-state index in [2.05, 4.69) is 18.2 Å². The molecule has 2 aliphatic carbocycles. The lowest BCUT2D eigenvalue weighted by Gasteiger charge is -2.17. The highest BCUT2D eigenvalue weighted by molar-refractivity contribution is 5.09. The summed E-state index contributed by atoms with van der Waals surface area (Å²) in [5.74, 6) is 2.85. The second-order valence-corrected chi connectivity index (χ2v) is 5.15. The molecule has 0 N–H and O–H groups in total. The van der Waals surface area contributed by atoms with E-state index < -0.39 is 0 Å². The number of rotatable bonds is 6. The van der Waals surface area contributed by atoms with Crippen LogP contribution in [-0.2, 0) is 0 Å². The second kappa shape index (κ2) is 5.35. The largest absolute Gasteiger partial charge is 0.198 e. The zero-order valence-electron chi connectivity index (χ0n) is 9.49. The molecule has 0 aliphatic heterocycles. The average molecular weight is 203 g/mol. The zero-order valence-corrected chi connectivity index (χ0v) is 9.49. The summed E-state index contributed by atoms with van der Waals surface area (Å²) >= 11 is 0. The van der Waals surface area contributed by atoms with E-state index in [4.69, 9.17) is 5.26 Å². The monoisotopic (exact) mass is 203 g/mol. The number of unbranched alkanes of at least 4 members (excludes halogenated alkanes) is 4. The standard InChI is InChI=1S/C14H21N/c15-9-5-3-1-2-4-6-13-10-12-7-8-14(13)11-12/h7-8,12-14H,1-6,10-11H2. The molecule has 1 saturated carbocycles. The third-order valence-electron chi connectivity index (χ3n) is 4.03. The van der Waals surface area contributed by atoms with Gasteiger partial charge >= 0.3 is 0 Å². The number of hydrogen-bond acceptors (Lipinski definition) is 1. The first kappa shape index (κ1) is 10.7. The molecule has 0 aromatic carbocycles. The Morgan fingerprint density at radius 3 is 2.60 bits per heavy atom. The average Bonchev–Trinajstić information content (AvgIpc) is 2.85. The van der Waals surface area contributed by atoms with E-state index in [0.717, 1.165) is 30.6 Å². The molecule has 15 heavy (non-hydrogen) atoms. The van der Waals surface area contributed by atoms with Crippen LogP contribution in [0.4, 0.5) is 0 Å². The molecule has 3 atom stereocenters. The maximum Gasteiger partial charge on any atom is 0.0621 e. The van der Waals surface area contributed by atoms with Crippen molar-refractivity contribution in [3.63, 3.8) is 0 Å². The van der Waals surface area contributed by atoms with E-state index in [0.29, 0.717) is 0 Å². The van der Waals surface area contributed by atoms with Crippen molar-refractivity contribution in [2.45, 2.75) is 51.4 Å². The lowest BCUT2D eigenvalue weighted by atomic mass is 9.88. The summed E-state index contributed by atoms with van der Waals surface area (Å²) in [7, 11) is 0. The molecule has 0 radical (unpaired) electrons. The van der Waals surface area contributed by atoms with Gasteiger partial charge < -0.3 is 0 Å². The first-order valence-corrected chi connectivity index (χ1v) is 6.45. The molecular formula is C14H21N. The summed E-state index contributed by atoms with van der Waals surface area (Å²) in [5, 5.41) is 8.41. The SMILES string of the molecule is N#CCCCCCCC1CC2C=CC1C2. The summed E-state index contributed by atoms with van der Waals surface area (Å²) in [6, 6.07) is 2.21. The maximum absolute atomic E-state index is 8.41. The zero-order chi connectivity index (χ0) is 10.5. The maximum atomic E-state index is 8.41. The molecule has 82 valence electrons. The molecule has 1 fully saturated rings. The highest BCUT2D eigenvalue weighted by Crippen LogP contribution is 2.45. The van der Waals surface area contributed by atoms with Gasteiger partial charge in [0, 0.05) is 6.42 Å². The Hall–Kier alpha value is -0.770. The van der Waals surface area contributed by atoms with Crippen molar-refractivity contribution in [2.24, 2.45) is 17.8 Å². The van der Waals surface area contributed by atoms with Crippen LogP contribution in [0, 0.1) is 29.1 Å². The Balaban J connectivity index is 1.52. The summed E-state index contributed by atoms with van der Waals surface area (Å²) in [5.41, 5.74) is 0. The van der Waals surface area contributed by atoms with E-state index in [-0.39, 0.29) is 0 Å². The molecule has 0 aromatic heterocycles. The molecule has 2 rings (SSSR count). The highest BCUT2D eigenvalue weighted by atomic mass is 14.4. The summed E-state index contributed by atoms with van der Waals surface area (Å²) in [6.07, 6.45) is 15.0. The van der Waals surface area contributed by atoms with E-state index in [1.807, 2.05) is 0 Å². The van der Waals surface area contributed by atoms with Gasteiger partial charge in [0.1, 0.15) is 0 Å². The van der Waals surface area contributed by atoms with Gasteiger partial charge in [0.25, 0.3) is 0 Å². The van der Waals surface area contributed by atoms with Crippen molar-refractivity contribution in [3.8, 4) is 6.07 Å². The van der Waals surface area contributed by atoms with Crippen LogP contribution in [0.5, 0.6) is 0 Å². The summed E-state index contributed by atoms with van der Waals surface area (Å²) in [4.78, 5) is 0. The fourth-order valence-electron chi connectivity index (χ4n) is 3.19. The normalized spacial score (nSPS) is 32.1. The number of nitriles is 1. The predicted octanol–water partition coefficient (Wildman–Crippen LogP) is 4.06. The fourth-order valence-corrected chi connectivity index (χ4v) is 3.19. The lowest BCUT2D eigenvalue weighted by Crippen LogP contribution is -2.06. The number of fused-ring (bicyclic) bond motifs is 2. The van der Waals surface area contributed by atoms with Gasteiger partial charge in [-0.1, -0.05) is 31.4 Å². The van der Waals surface area contributed by atoms with Crippen molar-refractivity contribution in [2.75, 3.05) is 0 Å². The van der Waals surface area contributed by atoms with Crippen LogP contribution >= 0.6 is 0 Å². The third kappa shape index (κ3) is 2.84. The van der Waals surface area contributed by atoms with Gasteiger partial charge in [-0.15, -0.1) is 0 Å². The second-order valence-electron chi connectivity index (χ2n) is 5.15. The lowest BCUT2D eigenvalue weighted by molar-refractivity contribution is 0.395. The van der Waals surface area contributed by atoms with Crippen LogP contribution in [0.3, 0.4) is 0 Å². The van der Waals surface area contributed by atoms with Crippen LogP contribution in [0.15, 0.2) is 12.2 Å². The molecule has 0 saturated heterocycles. The predicted molar refractivity (Wildman–Crippen MR) is 62.2 cm³/mol. The van der Waals surface area contributed by atoms with E-state index in [9.17, 15) is 0 Å². The molecule has 0 heterocycles. The van der Waals surface area contributed by atoms with Crippen molar-refractivity contribution < 1.29 is 0 Å². The van der Waals surface area contributed by atoms with E-state index in [1.54, 1.807) is 0 Å². The number of hydrogen-bond donors (Lipinski definition) is 0. The van der Waals surface area contributed by atoms with Crippen LogP contribution in [0.2, 0.25) is 0 Å². The summed E-state index contributed by atoms with van der Waals surface area (Å²) < 4.78 is 0. The molecule has 0 spiro atoms. The van der Waals surface area contributed by atoms with E-state index in [1.165, 1.54) is 38.5 Å². The van der Waals surface area contributed by atoms with Crippen molar-refractivity contribution in [1.29, 1.82) is 5.26 Å². The minimum absolute atomic E-state index is 0.747.